The van der Waals surface area contributed by atoms with E-state index in [0.29, 0.717) is 6.42 Å². The number of carbonyl (C=O) groups is 4. The molecule has 2 heterocycles. The van der Waals surface area contributed by atoms with Crippen molar-refractivity contribution in [1.82, 2.24) is 4.90 Å². The summed E-state index contributed by atoms with van der Waals surface area (Å²) < 4.78 is 10.3. The summed E-state index contributed by atoms with van der Waals surface area (Å²) in [6.45, 7) is 8.66. The fourth-order valence-corrected chi connectivity index (χ4v) is 6.77. The summed E-state index contributed by atoms with van der Waals surface area (Å²) in [6, 6.07) is 0. The Morgan fingerprint density at radius 3 is 2.26 bits per heavy atom. The number of piperidine rings is 1. The molecule has 9 heteroatoms. The van der Waals surface area contributed by atoms with Crippen molar-refractivity contribution in [2.75, 3.05) is 6.54 Å². The number of aliphatic hydroxyl groups is 1. The van der Waals surface area contributed by atoms with Gasteiger partial charge in [0.15, 0.2) is 17.6 Å². The second-order valence-corrected chi connectivity index (χ2v) is 13.5. The largest absolute Gasteiger partial charge is 0.453 e. The summed E-state index contributed by atoms with van der Waals surface area (Å²) in [5, 5.41) is 12.2. The molecule has 1 amide bonds. The molecule has 4 atom stereocenters. The average molecular weight is 395 g/mol. The molecule has 0 saturated carbocycles. The maximum absolute atomic E-state index is 12.8. The molecule has 27 heavy (non-hydrogen) atoms. The molecule has 2 saturated heterocycles. The number of ketones is 1. The lowest BCUT2D eigenvalue weighted by Crippen LogP contribution is -2.57. The van der Waals surface area contributed by atoms with Crippen LogP contribution in [0.15, 0.2) is 10.8 Å². The number of carbonyl (C=O) groups excluding carboxylic acids is 4. The van der Waals surface area contributed by atoms with Crippen LogP contribution >= 0.6 is 0 Å². The third-order valence-electron chi connectivity index (χ3n) is 5.42. The van der Waals surface area contributed by atoms with Crippen molar-refractivity contribution in [2.24, 2.45) is 5.92 Å². The zero-order valence-electron chi connectivity index (χ0n) is 16.2. The van der Waals surface area contributed by atoms with Gasteiger partial charge in [0.05, 0.1) is 8.07 Å². The van der Waals surface area contributed by atoms with E-state index < -0.39 is 43.9 Å². The first-order chi connectivity index (χ1) is 12.4. The molecule has 0 bridgehead atoms. The van der Waals surface area contributed by atoms with Crippen LogP contribution in [0.25, 0.3) is 0 Å². The molecule has 3 rings (SSSR count). The van der Waals surface area contributed by atoms with Gasteiger partial charge in [-0.2, -0.15) is 0 Å². The molecular formula is C18H25NO7Si. The standard InChI is InChI=1S/C18H25NO7Si/c1-9(20)25-14-16(26-10(2)21)18(24)7-12-11(8-19(18)17(14)23)6-13(22)15(12)27(3,4)5/h11,14,16,24H,6-8H2,1-5H3. The van der Waals surface area contributed by atoms with Crippen molar-refractivity contribution in [1.29, 1.82) is 0 Å². The topological polar surface area (TPSA) is 110 Å². The predicted octanol–water partition coefficient (Wildman–Crippen LogP) is 0.547. The quantitative estimate of drug-likeness (QED) is 0.549. The highest BCUT2D eigenvalue weighted by Crippen LogP contribution is 2.49. The molecule has 0 aromatic rings. The second-order valence-electron chi connectivity index (χ2n) is 8.54. The van der Waals surface area contributed by atoms with Crippen LogP contribution in [-0.4, -0.2) is 66.2 Å². The van der Waals surface area contributed by atoms with Gasteiger partial charge >= 0.3 is 11.9 Å². The Labute approximate surface area is 158 Å². The molecular weight excluding hydrogens is 370 g/mol. The number of rotatable bonds is 3. The highest BCUT2D eigenvalue weighted by atomic mass is 28.3. The molecule has 4 unspecified atom stereocenters. The van der Waals surface area contributed by atoms with Crippen LogP contribution in [0.3, 0.4) is 0 Å². The van der Waals surface area contributed by atoms with Gasteiger partial charge in [-0.1, -0.05) is 25.2 Å². The number of Topliss-reactive ketones (excluding diaryl/α,β-unsaturated/α-hetero) is 1. The molecule has 148 valence electrons. The molecule has 0 aromatic carbocycles. The fraction of sp³-hybridized carbons (Fsp3) is 0.667. The molecule has 1 aliphatic carbocycles. The molecule has 3 aliphatic rings. The van der Waals surface area contributed by atoms with Crippen molar-refractivity contribution in [3.63, 3.8) is 0 Å². The first kappa shape index (κ1) is 19.8. The molecule has 0 spiro atoms. The van der Waals surface area contributed by atoms with Crippen LogP contribution in [0.2, 0.25) is 19.6 Å². The Balaban J connectivity index is 2.07. The molecule has 0 aromatic heterocycles. The summed E-state index contributed by atoms with van der Waals surface area (Å²) in [5.41, 5.74) is -0.976. The normalized spacial score (nSPS) is 33.1. The van der Waals surface area contributed by atoms with Crippen LogP contribution in [0.5, 0.6) is 0 Å². The van der Waals surface area contributed by atoms with Crippen molar-refractivity contribution in [3.8, 4) is 0 Å². The second kappa shape index (κ2) is 6.27. The summed E-state index contributed by atoms with van der Waals surface area (Å²) in [6.07, 6.45) is -2.39. The van der Waals surface area contributed by atoms with Crippen LogP contribution in [-0.2, 0) is 28.7 Å². The van der Waals surface area contributed by atoms with Gasteiger partial charge in [0.25, 0.3) is 5.91 Å². The maximum Gasteiger partial charge on any atom is 0.303 e. The van der Waals surface area contributed by atoms with Crippen molar-refractivity contribution in [2.45, 2.75) is 64.3 Å². The number of nitrogens with zero attached hydrogens (tertiary/aromatic N) is 1. The van der Waals surface area contributed by atoms with Gasteiger partial charge in [-0.05, 0) is 5.20 Å². The smallest absolute Gasteiger partial charge is 0.303 e. The highest BCUT2D eigenvalue weighted by Gasteiger charge is 2.65. The highest BCUT2D eigenvalue weighted by molar-refractivity contribution is 6.87. The van der Waals surface area contributed by atoms with Crippen molar-refractivity contribution in [3.05, 3.63) is 10.8 Å². The number of fused-ring (bicyclic) bond motifs is 2. The van der Waals surface area contributed by atoms with E-state index in [1.165, 1.54) is 11.8 Å². The third-order valence-corrected chi connectivity index (χ3v) is 7.52. The maximum atomic E-state index is 12.8. The number of hydrogen-bond donors (Lipinski definition) is 1. The number of hydrogen-bond acceptors (Lipinski definition) is 7. The Morgan fingerprint density at radius 2 is 1.74 bits per heavy atom. The van der Waals surface area contributed by atoms with Gasteiger partial charge in [0.2, 0.25) is 6.10 Å². The van der Waals surface area contributed by atoms with E-state index in [4.69, 9.17) is 9.47 Å². The minimum atomic E-state index is -1.96. The first-order valence-corrected chi connectivity index (χ1v) is 12.5. The SMILES string of the molecule is CC(=O)OC1C(=O)N2CC3CC(=O)C([Si](C)(C)C)=C3CC2(O)C1OC(C)=O. The van der Waals surface area contributed by atoms with Crippen LogP contribution in [0, 0.1) is 5.92 Å². The number of amides is 1. The van der Waals surface area contributed by atoms with Gasteiger partial charge < -0.3 is 19.5 Å². The summed E-state index contributed by atoms with van der Waals surface area (Å²) in [7, 11) is -1.96. The average Bonchev–Trinajstić information content (AvgIpc) is 2.90. The summed E-state index contributed by atoms with van der Waals surface area (Å²) >= 11 is 0. The lowest BCUT2D eigenvalue weighted by molar-refractivity contribution is -0.195. The van der Waals surface area contributed by atoms with Crippen LogP contribution in [0.4, 0.5) is 0 Å². The monoisotopic (exact) mass is 395 g/mol. The lowest BCUT2D eigenvalue weighted by Gasteiger charge is -2.43. The molecule has 1 N–H and O–H groups in total. The molecule has 0 radical (unpaired) electrons. The van der Waals surface area contributed by atoms with Gasteiger partial charge in [-0.15, -0.1) is 0 Å². The van der Waals surface area contributed by atoms with Gasteiger partial charge in [-0.3, -0.25) is 19.2 Å². The van der Waals surface area contributed by atoms with Gasteiger partial charge in [0, 0.05) is 39.2 Å². The predicted molar refractivity (Wildman–Crippen MR) is 95.9 cm³/mol. The minimum absolute atomic E-state index is 0.0183. The Hall–Kier alpha value is -2.00. The zero-order valence-corrected chi connectivity index (χ0v) is 17.2. The van der Waals surface area contributed by atoms with E-state index in [1.54, 1.807) is 0 Å². The number of ether oxygens (including phenoxy) is 2. The van der Waals surface area contributed by atoms with Crippen molar-refractivity contribution >= 4 is 31.7 Å². The number of allylic oxidation sites excluding steroid dienone is 1. The van der Waals surface area contributed by atoms with Gasteiger partial charge in [-0.25, -0.2) is 0 Å². The molecule has 2 aliphatic heterocycles. The fourth-order valence-electron chi connectivity index (χ4n) is 4.58. The lowest BCUT2D eigenvalue weighted by atomic mass is 9.86. The zero-order chi connectivity index (χ0) is 20.3. The van der Waals surface area contributed by atoms with E-state index >= 15 is 0 Å². The van der Waals surface area contributed by atoms with E-state index in [9.17, 15) is 24.3 Å². The van der Waals surface area contributed by atoms with E-state index in [2.05, 4.69) is 19.6 Å². The van der Waals surface area contributed by atoms with E-state index in [1.807, 2.05) is 0 Å². The van der Waals surface area contributed by atoms with Crippen molar-refractivity contribution < 1.29 is 33.8 Å². The Morgan fingerprint density at radius 1 is 1.15 bits per heavy atom. The van der Waals surface area contributed by atoms with Crippen LogP contribution in [0.1, 0.15) is 26.7 Å². The van der Waals surface area contributed by atoms with Crippen LogP contribution < -0.4 is 0 Å². The third kappa shape index (κ3) is 3.12. The first-order valence-electron chi connectivity index (χ1n) is 9.01. The molecule has 8 nitrogen and oxygen atoms in total. The summed E-state index contributed by atoms with van der Waals surface area (Å²) in [5.74, 6) is -2.08. The molecule has 2 fully saturated rings. The van der Waals surface area contributed by atoms with Gasteiger partial charge in [0.1, 0.15) is 0 Å². The minimum Gasteiger partial charge on any atom is -0.453 e. The summed E-state index contributed by atoms with van der Waals surface area (Å²) in [4.78, 5) is 49.7. The van der Waals surface area contributed by atoms with E-state index in [0.717, 1.165) is 17.7 Å². The Bertz CT molecular complexity index is 768. The Kier molecular flexibility index (Phi) is 4.58. The van der Waals surface area contributed by atoms with E-state index in [-0.39, 0.29) is 24.7 Å². The number of esters is 2.